The van der Waals surface area contributed by atoms with Crippen molar-refractivity contribution in [1.82, 2.24) is 15.6 Å². The van der Waals surface area contributed by atoms with E-state index in [4.69, 9.17) is 9.47 Å². The summed E-state index contributed by atoms with van der Waals surface area (Å²) in [4.78, 5) is 12.4. The standard InChI is InChI=1S/C26H32N4O4/c1-3-4-5-6-7-8-16-34-21-14-12-19(13-15-21)22-17-23(29-28-22)26(32)30-27-18-20-10-9-11-24(33-2)25(20)31/h9-15,17-18,31H,3-8,16H2,1-2H3,(H,28,29)(H,30,32). The Labute approximate surface area is 200 Å². The van der Waals surface area contributed by atoms with E-state index in [1.807, 2.05) is 24.3 Å². The molecule has 34 heavy (non-hydrogen) atoms. The number of hydrogen-bond acceptors (Lipinski definition) is 6. The van der Waals surface area contributed by atoms with Crippen molar-refractivity contribution in [3.63, 3.8) is 0 Å². The molecule has 3 N–H and O–H groups in total. The van der Waals surface area contributed by atoms with Gasteiger partial charge in [0.25, 0.3) is 5.91 Å². The van der Waals surface area contributed by atoms with Gasteiger partial charge in [0.15, 0.2) is 11.5 Å². The Morgan fingerprint density at radius 1 is 1.12 bits per heavy atom. The topological polar surface area (TPSA) is 109 Å². The molecule has 8 heteroatoms. The molecule has 1 aromatic heterocycles. The van der Waals surface area contributed by atoms with Crippen LogP contribution in [0.2, 0.25) is 0 Å². The van der Waals surface area contributed by atoms with Crippen molar-refractivity contribution in [2.45, 2.75) is 45.4 Å². The summed E-state index contributed by atoms with van der Waals surface area (Å²) in [5, 5.41) is 20.9. The molecule has 2 aromatic carbocycles. The van der Waals surface area contributed by atoms with E-state index in [9.17, 15) is 9.90 Å². The fourth-order valence-corrected chi connectivity index (χ4v) is 3.41. The van der Waals surface area contributed by atoms with Crippen LogP contribution in [0.25, 0.3) is 11.3 Å². The third-order valence-electron chi connectivity index (χ3n) is 5.36. The predicted octanol–water partition coefficient (Wildman–Crippen LogP) is 5.29. The number of aromatic nitrogens is 2. The van der Waals surface area contributed by atoms with E-state index in [0.717, 1.165) is 17.7 Å². The van der Waals surface area contributed by atoms with Gasteiger partial charge in [-0.3, -0.25) is 9.89 Å². The normalized spacial score (nSPS) is 11.0. The molecule has 0 saturated carbocycles. The zero-order chi connectivity index (χ0) is 24.2. The third kappa shape index (κ3) is 7.10. The lowest BCUT2D eigenvalue weighted by atomic mass is 10.1. The maximum atomic E-state index is 12.4. The highest BCUT2D eigenvalue weighted by atomic mass is 16.5. The number of carbonyl (C=O) groups excluding carboxylic acids is 1. The highest BCUT2D eigenvalue weighted by molar-refractivity contribution is 5.94. The summed E-state index contributed by atoms with van der Waals surface area (Å²) < 4.78 is 10.9. The number of carbonyl (C=O) groups is 1. The molecule has 0 aliphatic carbocycles. The van der Waals surface area contributed by atoms with Gasteiger partial charge in [-0.1, -0.05) is 45.1 Å². The Morgan fingerprint density at radius 3 is 2.65 bits per heavy atom. The minimum absolute atomic E-state index is 0.0498. The molecule has 0 spiro atoms. The Bertz CT molecular complexity index is 1080. The second-order valence-electron chi connectivity index (χ2n) is 7.90. The van der Waals surface area contributed by atoms with Gasteiger partial charge in [0, 0.05) is 11.1 Å². The van der Waals surface area contributed by atoms with E-state index >= 15 is 0 Å². The van der Waals surface area contributed by atoms with E-state index < -0.39 is 5.91 Å². The fourth-order valence-electron chi connectivity index (χ4n) is 3.41. The number of aromatic hydroxyl groups is 1. The molecule has 1 heterocycles. The second-order valence-corrected chi connectivity index (χ2v) is 7.90. The number of aromatic amines is 1. The Hall–Kier alpha value is -3.81. The molecule has 0 unspecified atom stereocenters. The molecule has 0 aliphatic rings. The number of H-pyrrole nitrogens is 1. The van der Waals surface area contributed by atoms with Gasteiger partial charge in [0.05, 0.1) is 25.6 Å². The van der Waals surface area contributed by atoms with Gasteiger partial charge in [-0.2, -0.15) is 10.2 Å². The number of amides is 1. The van der Waals surface area contributed by atoms with E-state index in [2.05, 4.69) is 27.6 Å². The summed E-state index contributed by atoms with van der Waals surface area (Å²) >= 11 is 0. The number of hydrogen-bond donors (Lipinski definition) is 3. The largest absolute Gasteiger partial charge is 0.504 e. The summed E-state index contributed by atoms with van der Waals surface area (Å²) in [5.41, 5.74) is 4.62. The molecule has 0 atom stereocenters. The van der Waals surface area contributed by atoms with Crippen LogP contribution in [0.5, 0.6) is 17.2 Å². The molecule has 3 aromatic rings. The number of phenolic OH excluding ortho intramolecular Hbond substituents is 1. The van der Waals surface area contributed by atoms with Crippen molar-refractivity contribution in [2.24, 2.45) is 5.10 Å². The van der Waals surface area contributed by atoms with Crippen LogP contribution < -0.4 is 14.9 Å². The van der Waals surface area contributed by atoms with Crippen LogP contribution in [0.15, 0.2) is 53.6 Å². The number of ether oxygens (including phenoxy) is 2. The SMILES string of the molecule is CCCCCCCCOc1ccc(-c2cc(C(=O)NN=Cc3cccc(OC)c3O)[nH]n2)cc1. The summed E-state index contributed by atoms with van der Waals surface area (Å²) in [5.74, 6) is 0.649. The van der Waals surface area contributed by atoms with Gasteiger partial charge >= 0.3 is 0 Å². The van der Waals surface area contributed by atoms with Crippen LogP contribution in [-0.4, -0.2) is 41.1 Å². The number of methoxy groups -OCH3 is 1. The number of benzene rings is 2. The lowest BCUT2D eigenvalue weighted by Gasteiger charge is -2.06. The molecule has 0 saturated heterocycles. The van der Waals surface area contributed by atoms with Crippen LogP contribution in [0, 0.1) is 0 Å². The summed E-state index contributed by atoms with van der Waals surface area (Å²) in [6.45, 7) is 2.93. The maximum Gasteiger partial charge on any atom is 0.289 e. The molecule has 8 nitrogen and oxygen atoms in total. The highest BCUT2D eigenvalue weighted by Crippen LogP contribution is 2.28. The Balaban J connectivity index is 1.49. The fraction of sp³-hybridized carbons (Fsp3) is 0.346. The lowest BCUT2D eigenvalue weighted by molar-refractivity contribution is 0.0950. The number of nitrogens with one attached hydrogen (secondary N) is 2. The van der Waals surface area contributed by atoms with Gasteiger partial charge in [-0.05, 0) is 48.9 Å². The van der Waals surface area contributed by atoms with Crippen molar-refractivity contribution in [2.75, 3.05) is 13.7 Å². The summed E-state index contributed by atoms with van der Waals surface area (Å²) in [6, 6.07) is 14.3. The minimum atomic E-state index is -0.448. The summed E-state index contributed by atoms with van der Waals surface area (Å²) in [6.07, 6.45) is 8.72. The quantitative estimate of drug-likeness (QED) is 0.181. The molecular formula is C26H32N4O4. The molecule has 0 radical (unpaired) electrons. The van der Waals surface area contributed by atoms with Gasteiger partial charge in [-0.15, -0.1) is 0 Å². The zero-order valence-corrected chi connectivity index (χ0v) is 19.7. The van der Waals surface area contributed by atoms with Crippen molar-refractivity contribution < 1.29 is 19.4 Å². The van der Waals surface area contributed by atoms with Gasteiger partial charge in [-0.25, -0.2) is 5.43 Å². The highest BCUT2D eigenvalue weighted by Gasteiger charge is 2.11. The van der Waals surface area contributed by atoms with Crippen molar-refractivity contribution in [3.8, 4) is 28.5 Å². The number of unbranched alkanes of at least 4 members (excludes halogenated alkanes) is 5. The molecule has 0 aliphatic heterocycles. The minimum Gasteiger partial charge on any atom is -0.504 e. The Morgan fingerprint density at radius 2 is 1.88 bits per heavy atom. The number of nitrogens with zero attached hydrogens (tertiary/aromatic N) is 2. The zero-order valence-electron chi connectivity index (χ0n) is 19.7. The van der Waals surface area contributed by atoms with Crippen molar-refractivity contribution in [3.05, 3.63) is 59.8 Å². The number of phenols is 1. The van der Waals surface area contributed by atoms with Crippen LogP contribution in [0.1, 0.15) is 61.5 Å². The van der Waals surface area contributed by atoms with Crippen LogP contribution in [-0.2, 0) is 0 Å². The third-order valence-corrected chi connectivity index (χ3v) is 5.36. The molecule has 1 amide bonds. The van der Waals surface area contributed by atoms with E-state index in [0.29, 0.717) is 23.6 Å². The molecule has 3 rings (SSSR count). The van der Waals surface area contributed by atoms with E-state index in [1.165, 1.54) is 45.4 Å². The average molecular weight is 465 g/mol. The average Bonchev–Trinajstić information content (AvgIpc) is 3.35. The number of hydrazone groups is 1. The van der Waals surface area contributed by atoms with Gasteiger partial charge in [0.2, 0.25) is 0 Å². The Kier molecular flexibility index (Phi) is 9.52. The van der Waals surface area contributed by atoms with E-state index in [1.54, 1.807) is 24.3 Å². The monoisotopic (exact) mass is 464 g/mol. The number of rotatable bonds is 13. The first-order valence-electron chi connectivity index (χ1n) is 11.6. The first kappa shape index (κ1) is 24.8. The van der Waals surface area contributed by atoms with Crippen LogP contribution in [0.3, 0.4) is 0 Å². The summed E-state index contributed by atoms with van der Waals surface area (Å²) in [7, 11) is 1.46. The second kappa shape index (κ2) is 13.0. The number of para-hydroxylation sites is 1. The predicted molar refractivity (Wildman–Crippen MR) is 133 cm³/mol. The first-order chi connectivity index (χ1) is 16.6. The molecule has 180 valence electrons. The van der Waals surface area contributed by atoms with Crippen LogP contribution in [0.4, 0.5) is 0 Å². The smallest absolute Gasteiger partial charge is 0.289 e. The van der Waals surface area contributed by atoms with Crippen molar-refractivity contribution in [1.29, 1.82) is 0 Å². The van der Waals surface area contributed by atoms with Gasteiger partial charge < -0.3 is 14.6 Å². The van der Waals surface area contributed by atoms with Gasteiger partial charge in [0.1, 0.15) is 11.4 Å². The van der Waals surface area contributed by atoms with E-state index in [-0.39, 0.29) is 11.4 Å². The molecule has 0 bridgehead atoms. The van der Waals surface area contributed by atoms with Crippen LogP contribution >= 0.6 is 0 Å². The lowest BCUT2D eigenvalue weighted by Crippen LogP contribution is -2.18. The van der Waals surface area contributed by atoms with Crippen molar-refractivity contribution >= 4 is 12.1 Å². The first-order valence-corrected chi connectivity index (χ1v) is 11.6. The maximum absolute atomic E-state index is 12.4. The molecule has 0 fully saturated rings. The molecular weight excluding hydrogens is 432 g/mol.